The maximum absolute atomic E-state index is 14.1. The number of nitrogen functional groups attached to an aromatic ring is 1. The SMILES string of the molecule is COc1ccc([C@@H](NC(=O)c2cnc(N)nc2C)C2CC(O)C2)cc1F. The second kappa shape index (κ2) is 7.25. The number of nitrogens with one attached hydrogen (secondary N) is 1. The van der Waals surface area contributed by atoms with Crippen LogP contribution < -0.4 is 15.8 Å². The van der Waals surface area contributed by atoms with E-state index in [1.807, 2.05) is 0 Å². The number of halogens is 1. The zero-order valence-corrected chi connectivity index (χ0v) is 14.6. The Bertz CT molecular complexity index is 824. The molecule has 1 amide bonds. The highest BCUT2D eigenvalue weighted by atomic mass is 19.1. The van der Waals surface area contributed by atoms with E-state index in [4.69, 9.17) is 10.5 Å². The summed E-state index contributed by atoms with van der Waals surface area (Å²) in [6, 6.07) is 4.14. The number of methoxy groups -OCH3 is 1. The molecule has 26 heavy (non-hydrogen) atoms. The lowest BCUT2D eigenvalue weighted by Crippen LogP contribution is -2.41. The van der Waals surface area contributed by atoms with Crippen molar-refractivity contribution in [2.45, 2.75) is 31.9 Å². The van der Waals surface area contributed by atoms with Gasteiger partial charge in [-0.15, -0.1) is 0 Å². The van der Waals surface area contributed by atoms with E-state index in [1.54, 1.807) is 13.0 Å². The van der Waals surface area contributed by atoms with Crippen LogP contribution in [0.1, 0.15) is 40.5 Å². The van der Waals surface area contributed by atoms with Gasteiger partial charge in [0.2, 0.25) is 5.95 Å². The summed E-state index contributed by atoms with van der Waals surface area (Å²) in [6.07, 6.45) is 2.05. The number of aromatic nitrogens is 2. The number of nitrogens with zero attached hydrogens (tertiary/aromatic N) is 2. The molecule has 7 nitrogen and oxygen atoms in total. The maximum Gasteiger partial charge on any atom is 0.255 e. The van der Waals surface area contributed by atoms with Crippen LogP contribution in [0.4, 0.5) is 10.3 Å². The molecule has 0 aliphatic heterocycles. The van der Waals surface area contributed by atoms with Gasteiger partial charge in [0.15, 0.2) is 11.6 Å². The number of aliphatic hydroxyl groups is 1. The van der Waals surface area contributed by atoms with Gasteiger partial charge in [-0.2, -0.15) is 0 Å². The Morgan fingerprint density at radius 1 is 1.46 bits per heavy atom. The number of nitrogens with two attached hydrogens (primary N) is 1. The third-order valence-corrected chi connectivity index (χ3v) is 4.69. The molecule has 138 valence electrons. The van der Waals surface area contributed by atoms with Gasteiger partial charge in [-0.05, 0) is 43.4 Å². The van der Waals surface area contributed by atoms with E-state index < -0.39 is 18.0 Å². The highest BCUT2D eigenvalue weighted by Crippen LogP contribution is 2.39. The van der Waals surface area contributed by atoms with Crippen molar-refractivity contribution in [3.05, 3.63) is 47.0 Å². The number of hydrogen-bond donors (Lipinski definition) is 3. The third-order valence-electron chi connectivity index (χ3n) is 4.69. The molecular formula is C18H21FN4O3. The number of amides is 1. The highest BCUT2D eigenvalue weighted by Gasteiger charge is 2.36. The Morgan fingerprint density at radius 3 is 2.77 bits per heavy atom. The van der Waals surface area contributed by atoms with Gasteiger partial charge >= 0.3 is 0 Å². The number of hydrogen-bond acceptors (Lipinski definition) is 6. The van der Waals surface area contributed by atoms with Gasteiger partial charge in [0.05, 0.1) is 30.5 Å². The van der Waals surface area contributed by atoms with Crippen LogP contribution in [0.3, 0.4) is 0 Å². The van der Waals surface area contributed by atoms with E-state index >= 15 is 0 Å². The predicted molar refractivity (Wildman–Crippen MR) is 93.1 cm³/mol. The van der Waals surface area contributed by atoms with Gasteiger partial charge < -0.3 is 20.9 Å². The van der Waals surface area contributed by atoms with Crippen molar-refractivity contribution in [2.24, 2.45) is 5.92 Å². The fraction of sp³-hybridized carbons (Fsp3) is 0.389. The number of carbonyl (C=O) groups excluding carboxylic acids is 1. The zero-order chi connectivity index (χ0) is 18.8. The lowest BCUT2D eigenvalue weighted by atomic mass is 9.75. The van der Waals surface area contributed by atoms with Crippen LogP contribution in [0.5, 0.6) is 5.75 Å². The third kappa shape index (κ3) is 3.60. The second-order valence-electron chi connectivity index (χ2n) is 6.46. The molecule has 0 unspecified atom stereocenters. The first-order chi connectivity index (χ1) is 12.4. The van der Waals surface area contributed by atoms with E-state index in [1.165, 1.54) is 25.4 Å². The molecule has 1 aromatic carbocycles. The van der Waals surface area contributed by atoms with Crippen LogP contribution in [0.25, 0.3) is 0 Å². The van der Waals surface area contributed by atoms with Crippen molar-refractivity contribution >= 4 is 11.9 Å². The quantitative estimate of drug-likeness (QED) is 0.749. The summed E-state index contributed by atoms with van der Waals surface area (Å²) >= 11 is 0. The summed E-state index contributed by atoms with van der Waals surface area (Å²) in [6.45, 7) is 1.67. The van der Waals surface area contributed by atoms with Crippen molar-refractivity contribution in [1.82, 2.24) is 15.3 Å². The Morgan fingerprint density at radius 2 is 2.19 bits per heavy atom. The van der Waals surface area contributed by atoms with Crippen LogP contribution in [0.15, 0.2) is 24.4 Å². The summed E-state index contributed by atoms with van der Waals surface area (Å²) < 4.78 is 19.1. The van der Waals surface area contributed by atoms with Crippen molar-refractivity contribution in [3.63, 3.8) is 0 Å². The minimum atomic E-state index is -0.504. The van der Waals surface area contributed by atoms with Crippen LogP contribution >= 0.6 is 0 Å². The number of benzene rings is 1. The summed E-state index contributed by atoms with van der Waals surface area (Å²) in [5.41, 5.74) is 6.90. The first-order valence-corrected chi connectivity index (χ1v) is 8.30. The van der Waals surface area contributed by atoms with Crippen LogP contribution in [-0.2, 0) is 0 Å². The molecule has 8 heteroatoms. The molecule has 1 aliphatic carbocycles. The van der Waals surface area contributed by atoms with Gasteiger partial charge in [0, 0.05) is 6.20 Å². The van der Waals surface area contributed by atoms with Crippen LogP contribution in [0, 0.1) is 18.7 Å². The standard InChI is InChI=1S/C18H21FN4O3/c1-9-13(8-21-18(20)22-9)17(25)23-16(11-5-12(24)6-11)10-3-4-15(26-2)14(19)7-10/h3-4,7-8,11-12,16,24H,5-6H2,1-2H3,(H,23,25)(H2,20,21,22)/t11?,12?,16-/m1/s1. The summed E-state index contributed by atoms with van der Waals surface area (Å²) in [5.74, 6) is -0.636. The van der Waals surface area contributed by atoms with Crippen molar-refractivity contribution in [3.8, 4) is 5.75 Å². The average molecular weight is 360 g/mol. The van der Waals surface area contributed by atoms with Gasteiger partial charge in [-0.25, -0.2) is 14.4 Å². The molecule has 4 N–H and O–H groups in total. The second-order valence-corrected chi connectivity index (χ2v) is 6.46. The van der Waals surface area contributed by atoms with E-state index in [9.17, 15) is 14.3 Å². The molecule has 1 aromatic heterocycles. The number of ether oxygens (including phenoxy) is 1. The largest absolute Gasteiger partial charge is 0.494 e. The molecule has 2 aromatic rings. The molecule has 3 rings (SSSR count). The van der Waals surface area contributed by atoms with Gasteiger partial charge in [0.1, 0.15) is 0 Å². The molecule has 1 heterocycles. The van der Waals surface area contributed by atoms with Crippen molar-refractivity contribution in [1.29, 1.82) is 0 Å². The van der Waals surface area contributed by atoms with Crippen LogP contribution in [0.2, 0.25) is 0 Å². The number of rotatable bonds is 5. The molecular weight excluding hydrogens is 339 g/mol. The lowest BCUT2D eigenvalue weighted by Gasteiger charge is -2.38. The molecule has 0 bridgehead atoms. The Labute approximate surface area is 150 Å². The van der Waals surface area contributed by atoms with Crippen molar-refractivity contribution in [2.75, 3.05) is 12.8 Å². The van der Waals surface area contributed by atoms with E-state index in [0.717, 1.165) is 0 Å². The molecule has 1 saturated carbocycles. The van der Waals surface area contributed by atoms with Crippen LogP contribution in [-0.4, -0.2) is 34.2 Å². The van der Waals surface area contributed by atoms with E-state index in [-0.39, 0.29) is 23.5 Å². The van der Waals surface area contributed by atoms with Gasteiger partial charge in [-0.3, -0.25) is 4.79 Å². The van der Waals surface area contributed by atoms with E-state index in [2.05, 4.69) is 15.3 Å². The summed E-state index contributed by atoms with van der Waals surface area (Å²) in [7, 11) is 1.39. The molecule has 1 aliphatic rings. The normalized spacial score (nSPS) is 20.2. The topological polar surface area (TPSA) is 110 Å². The fourth-order valence-electron chi connectivity index (χ4n) is 3.18. The van der Waals surface area contributed by atoms with Gasteiger partial charge in [0.25, 0.3) is 5.91 Å². The maximum atomic E-state index is 14.1. The number of anilines is 1. The Balaban J connectivity index is 1.87. The number of aryl methyl sites for hydroxylation is 1. The molecule has 1 fully saturated rings. The minimum Gasteiger partial charge on any atom is -0.494 e. The average Bonchev–Trinajstić information content (AvgIpc) is 2.57. The first kappa shape index (κ1) is 18.1. The zero-order valence-electron chi connectivity index (χ0n) is 14.6. The Kier molecular flexibility index (Phi) is 5.03. The summed E-state index contributed by atoms with van der Waals surface area (Å²) in [4.78, 5) is 20.5. The lowest BCUT2D eigenvalue weighted by molar-refractivity contribution is 0.0234. The number of aliphatic hydroxyl groups excluding tert-OH is 1. The van der Waals surface area contributed by atoms with Gasteiger partial charge in [-0.1, -0.05) is 6.07 Å². The first-order valence-electron chi connectivity index (χ1n) is 8.30. The summed E-state index contributed by atoms with van der Waals surface area (Å²) in [5, 5.41) is 12.6. The van der Waals surface area contributed by atoms with Crippen molar-refractivity contribution < 1.29 is 19.0 Å². The molecule has 0 spiro atoms. The number of carbonyl (C=O) groups is 1. The molecule has 1 atom stereocenters. The smallest absolute Gasteiger partial charge is 0.255 e. The predicted octanol–water partition coefficient (Wildman–Crippen LogP) is 1.76. The fourth-order valence-corrected chi connectivity index (χ4v) is 3.18. The highest BCUT2D eigenvalue weighted by molar-refractivity contribution is 5.95. The monoisotopic (exact) mass is 360 g/mol. The van der Waals surface area contributed by atoms with E-state index in [0.29, 0.717) is 29.7 Å². The Hall–Kier alpha value is -2.74. The molecule has 0 radical (unpaired) electrons. The minimum absolute atomic E-state index is 0.0109. The molecule has 0 saturated heterocycles.